The van der Waals surface area contributed by atoms with Gasteiger partial charge >= 0.3 is 0 Å². The molecule has 11 aromatic rings. The number of rotatable bonds is 6. The first-order valence-electron chi connectivity index (χ1n) is 26.1. The third kappa shape index (κ3) is 7.39. The van der Waals surface area contributed by atoms with Gasteiger partial charge in [-0.25, -0.2) is 4.98 Å². The smallest absolute Gasteiger partial charge is 0.238 e. The molecule has 4 nitrogen and oxygen atoms in total. The van der Waals surface area contributed by atoms with E-state index in [0.717, 1.165) is 56.4 Å². The summed E-state index contributed by atoms with van der Waals surface area (Å²) in [7, 11) is 0. The molecule has 9 aromatic carbocycles. The molecule has 3 heterocycles. The van der Waals surface area contributed by atoms with Crippen molar-refractivity contribution in [1.82, 2.24) is 19.5 Å². The van der Waals surface area contributed by atoms with Gasteiger partial charge in [-0.05, 0) is 183 Å². The molecule has 2 aliphatic carbocycles. The van der Waals surface area contributed by atoms with Crippen LogP contribution in [0, 0.1) is 0 Å². The van der Waals surface area contributed by atoms with E-state index in [0.29, 0.717) is 17.6 Å². The molecule has 0 saturated carbocycles. The highest BCUT2D eigenvalue weighted by Crippen LogP contribution is 2.59. The van der Waals surface area contributed by atoms with E-state index in [4.69, 9.17) is 15.0 Å². The molecule has 356 valence electrons. The number of hydrogen-bond donors (Lipinski definition) is 0. The minimum Gasteiger partial charge on any atom is -0.278 e. The molecule has 2 aromatic heterocycles. The van der Waals surface area contributed by atoms with Crippen molar-refractivity contribution in [2.24, 2.45) is 0 Å². The SMILES string of the molecule is CC=CC=C(C)c1cc(-c2ccccc2)cc(-c2cccc(-c3nc4nc(n3)-n3c5ccccc5c5cc6c(cc53)C(C)(C3=CC=CCC36)c3ccccc3-c3cc(-c5ccccc5)cc(c3)-c3cccc-4c3)c2)c1. The lowest BCUT2D eigenvalue weighted by Gasteiger charge is -2.33. The Morgan fingerprint density at radius 2 is 1.07 bits per heavy atom. The van der Waals surface area contributed by atoms with Crippen LogP contribution in [0.3, 0.4) is 0 Å². The van der Waals surface area contributed by atoms with Gasteiger partial charge in [-0.1, -0.05) is 176 Å². The number of benzene rings is 9. The third-order valence-electron chi connectivity index (χ3n) is 16.1. The molecular formula is C71H52N4. The van der Waals surface area contributed by atoms with E-state index in [1.54, 1.807) is 0 Å². The quantitative estimate of drug-likeness (QED) is 0.156. The van der Waals surface area contributed by atoms with E-state index in [1.165, 1.54) is 72.0 Å². The minimum absolute atomic E-state index is 0.240. The second-order valence-electron chi connectivity index (χ2n) is 20.5. The van der Waals surface area contributed by atoms with E-state index in [1.807, 2.05) is 0 Å². The summed E-state index contributed by atoms with van der Waals surface area (Å²) in [4.78, 5) is 16.5. The van der Waals surface area contributed by atoms with Crippen LogP contribution in [-0.2, 0) is 5.41 Å². The highest BCUT2D eigenvalue weighted by molar-refractivity contribution is 6.10. The van der Waals surface area contributed by atoms with Crippen LogP contribution in [0.1, 0.15) is 55.4 Å². The molecule has 0 radical (unpaired) electrons. The lowest BCUT2D eigenvalue weighted by atomic mass is 9.69. The highest BCUT2D eigenvalue weighted by Gasteiger charge is 2.47. The van der Waals surface area contributed by atoms with Gasteiger partial charge in [0.25, 0.3) is 0 Å². The summed E-state index contributed by atoms with van der Waals surface area (Å²) in [5.74, 6) is 2.03. The predicted molar refractivity (Wildman–Crippen MR) is 312 cm³/mol. The van der Waals surface area contributed by atoms with Gasteiger partial charge in [0, 0.05) is 33.2 Å². The Bertz CT molecular complexity index is 4250. The summed E-state index contributed by atoms with van der Waals surface area (Å²) in [6.07, 6.45) is 14.3. The zero-order valence-electron chi connectivity index (χ0n) is 42.2. The molecule has 75 heavy (non-hydrogen) atoms. The van der Waals surface area contributed by atoms with Gasteiger partial charge in [-0.2, -0.15) is 9.97 Å². The number of para-hydroxylation sites is 1. The molecular weight excluding hydrogens is 909 g/mol. The molecule has 2 unspecified atom stereocenters. The van der Waals surface area contributed by atoms with Gasteiger partial charge in [0.2, 0.25) is 5.95 Å². The van der Waals surface area contributed by atoms with Crippen LogP contribution in [0.5, 0.6) is 0 Å². The summed E-state index contributed by atoms with van der Waals surface area (Å²) in [5, 5.41) is 2.36. The molecule has 0 fully saturated rings. The standard InChI is InChI=1S/C71H52N4/c1-4-5-20-45(2)52-37-53(46-21-8-6-9-22-46)39-55(38-52)48-25-18-27-50(35-48)68-72-69-51-28-19-26-49(36-51)56-40-54(47-23-10-7-11-24-47)41-57(42-56)58-29-12-15-32-63(58)71(3)64-33-16-13-30-59(64)61-43-62-60-31-14-17-34-66(60)75(70(73-68)74-69)67(62)44-65(61)71/h4-29,31-44,59H,30H2,1-3H3. The molecule has 0 spiro atoms. The molecule has 0 amide bonds. The Hall–Kier alpha value is -9.25. The van der Waals surface area contributed by atoms with E-state index in [9.17, 15) is 0 Å². The van der Waals surface area contributed by atoms with Gasteiger partial charge in [0.1, 0.15) is 0 Å². The van der Waals surface area contributed by atoms with Crippen LogP contribution < -0.4 is 0 Å². The molecule has 8 bridgehead atoms. The van der Waals surface area contributed by atoms with Crippen LogP contribution in [-0.4, -0.2) is 19.5 Å². The molecule has 14 rings (SSSR count). The van der Waals surface area contributed by atoms with Crippen molar-refractivity contribution >= 4 is 27.4 Å². The maximum Gasteiger partial charge on any atom is 0.238 e. The summed E-state index contributed by atoms with van der Waals surface area (Å²) >= 11 is 0. The fourth-order valence-corrected chi connectivity index (χ4v) is 12.3. The second-order valence-corrected chi connectivity index (χ2v) is 20.5. The van der Waals surface area contributed by atoms with Gasteiger partial charge in [-0.15, -0.1) is 0 Å². The summed E-state index contributed by atoms with van der Waals surface area (Å²) < 4.78 is 2.30. The number of aromatic nitrogens is 4. The Balaban J connectivity index is 1.05. The van der Waals surface area contributed by atoms with Crippen molar-refractivity contribution in [3.8, 4) is 84.4 Å². The van der Waals surface area contributed by atoms with Crippen molar-refractivity contribution in [3.63, 3.8) is 0 Å². The molecule has 0 saturated heterocycles. The zero-order valence-corrected chi connectivity index (χ0v) is 42.2. The van der Waals surface area contributed by atoms with Gasteiger partial charge in [0.05, 0.1) is 11.0 Å². The number of allylic oxidation sites excluding steroid dienone is 8. The van der Waals surface area contributed by atoms with E-state index in [2.05, 4.69) is 268 Å². The van der Waals surface area contributed by atoms with Crippen molar-refractivity contribution in [3.05, 3.63) is 271 Å². The minimum atomic E-state index is -0.453. The third-order valence-corrected chi connectivity index (χ3v) is 16.1. The first-order valence-corrected chi connectivity index (χ1v) is 26.1. The number of hydrogen-bond acceptors (Lipinski definition) is 3. The van der Waals surface area contributed by atoms with Crippen LogP contribution in [0.4, 0.5) is 0 Å². The lowest BCUT2D eigenvalue weighted by Crippen LogP contribution is -2.25. The van der Waals surface area contributed by atoms with Crippen LogP contribution in [0.25, 0.3) is 112 Å². The van der Waals surface area contributed by atoms with Gasteiger partial charge in [0.15, 0.2) is 11.6 Å². The Labute approximate surface area is 438 Å². The lowest BCUT2D eigenvalue weighted by molar-refractivity contribution is 0.656. The van der Waals surface area contributed by atoms with Crippen molar-refractivity contribution in [2.45, 2.75) is 38.5 Å². The number of nitrogens with zero attached hydrogens (tertiary/aromatic N) is 4. The highest BCUT2D eigenvalue weighted by atomic mass is 15.2. The van der Waals surface area contributed by atoms with Crippen molar-refractivity contribution < 1.29 is 0 Å². The van der Waals surface area contributed by atoms with E-state index in [-0.39, 0.29) is 5.92 Å². The Morgan fingerprint density at radius 1 is 0.507 bits per heavy atom. The number of fused-ring (bicyclic) bond motifs is 18. The van der Waals surface area contributed by atoms with Crippen LogP contribution in [0.2, 0.25) is 0 Å². The summed E-state index contributed by atoms with van der Waals surface area (Å²) in [5.41, 5.74) is 22.8. The Morgan fingerprint density at radius 3 is 1.76 bits per heavy atom. The Kier molecular flexibility index (Phi) is 10.5. The topological polar surface area (TPSA) is 43.6 Å². The average molecular weight is 961 g/mol. The summed E-state index contributed by atoms with van der Waals surface area (Å²) in [6, 6.07) is 75.7. The molecule has 4 heteroatoms. The average Bonchev–Trinajstić information content (AvgIpc) is 4.08. The predicted octanol–water partition coefficient (Wildman–Crippen LogP) is 18.2. The normalized spacial score (nSPS) is 16.4. The first-order chi connectivity index (χ1) is 36.9. The van der Waals surface area contributed by atoms with Crippen LogP contribution >= 0.6 is 0 Å². The maximum atomic E-state index is 5.55. The largest absolute Gasteiger partial charge is 0.278 e. The summed E-state index contributed by atoms with van der Waals surface area (Å²) in [6.45, 7) is 6.70. The molecule has 1 aliphatic heterocycles. The molecule has 3 aliphatic rings. The van der Waals surface area contributed by atoms with Crippen molar-refractivity contribution in [1.29, 1.82) is 0 Å². The molecule has 2 atom stereocenters. The van der Waals surface area contributed by atoms with Crippen molar-refractivity contribution in [2.75, 3.05) is 0 Å². The van der Waals surface area contributed by atoms with E-state index < -0.39 is 5.41 Å². The first kappa shape index (κ1) is 44.5. The maximum absolute atomic E-state index is 5.55. The van der Waals surface area contributed by atoms with Gasteiger partial charge < -0.3 is 0 Å². The van der Waals surface area contributed by atoms with E-state index >= 15 is 0 Å². The molecule has 0 N–H and O–H groups in total. The monoisotopic (exact) mass is 960 g/mol. The fraction of sp³-hybridized carbons (Fsp3) is 0.0845. The van der Waals surface area contributed by atoms with Gasteiger partial charge in [-0.3, -0.25) is 4.57 Å². The zero-order chi connectivity index (χ0) is 50.2. The second kappa shape index (κ2) is 17.8. The van der Waals surface area contributed by atoms with Crippen LogP contribution in [0.15, 0.2) is 248 Å². The fourth-order valence-electron chi connectivity index (χ4n) is 12.3.